The summed E-state index contributed by atoms with van der Waals surface area (Å²) in [5, 5.41) is 14.4. The molecule has 0 aromatic carbocycles. The number of amides is 2. The van der Waals surface area contributed by atoms with Crippen molar-refractivity contribution in [2.24, 2.45) is 5.92 Å². The lowest BCUT2D eigenvalue weighted by Crippen LogP contribution is -2.49. The molecule has 0 aliphatic heterocycles. The van der Waals surface area contributed by atoms with Gasteiger partial charge in [-0.15, -0.1) is 0 Å². The van der Waals surface area contributed by atoms with Crippen LogP contribution in [0.4, 0.5) is 4.79 Å². The van der Waals surface area contributed by atoms with Crippen LogP contribution >= 0.6 is 0 Å². The molecule has 6 nitrogen and oxygen atoms in total. The number of carbonyl (C=O) groups excluding carboxylic acids is 1. The monoisotopic (exact) mass is 258 g/mol. The third-order valence-electron chi connectivity index (χ3n) is 3.38. The van der Waals surface area contributed by atoms with E-state index in [0.29, 0.717) is 13.0 Å². The van der Waals surface area contributed by atoms with Gasteiger partial charge >= 0.3 is 12.0 Å². The highest BCUT2D eigenvalue weighted by Gasteiger charge is 2.34. The van der Waals surface area contributed by atoms with Crippen LogP contribution in [0.1, 0.15) is 33.1 Å². The smallest absolute Gasteiger partial charge is 0.315 e. The molecule has 0 radical (unpaired) electrons. The molecule has 0 aromatic rings. The summed E-state index contributed by atoms with van der Waals surface area (Å²) in [6.45, 7) is 4.10. The highest BCUT2D eigenvalue weighted by molar-refractivity contribution is 5.77. The van der Waals surface area contributed by atoms with Gasteiger partial charge in [0.1, 0.15) is 0 Å². The van der Waals surface area contributed by atoms with Gasteiger partial charge in [-0.25, -0.2) is 4.79 Å². The Bertz CT molecular complexity index is 317. The van der Waals surface area contributed by atoms with Crippen molar-refractivity contribution in [3.05, 3.63) is 0 Å². The highest BCUT2D eigenvalue weighted by Crippen LogP contribution is 2.25. The molecule has 1 saturated carbocycles. The first-order valence-electron chi connectivity index (χ1n) is 6.18. The normalized spacial score (nSPS) is 23.7. The van der Waals surface area contributed by atoms with E-state index in [-0.39, 0.29) is 12.1 Å². The largest absolute Gasteiger partial charge is 0.481 e. The number of carboxylic acid groups (broad SMARTS) is 1. The van der Waals surface area contributed by atoms with Gasteiger partial charge in [0.15, 0.2) is 0 Å². The molecule has 3 N–H and O–H groups in total. The molecular weight excluding hydrogens is 236 g/mol. The van der Waals surface area contributed by atoms with Gasteiger partial charge < -0.3 is 20.5 Å². The summed E-state index contributed by atoms with van der Waals surface area (Å²) >= 11 is 0. The van der Waals surface area contributed by atoms with Crippen LogP contribution in [0.25, 0.3) is 0 Å². The van der Waals surface area contributed by atoms with Crippen molar-refractivity contribution in [2.75, 3.05) is 13.7 Å². The second-order valence-corrected chi connectivity index (χ2v) is 5.27. The van der Waals surface area contributed by atoms with Gasteiger partial charge in [0.2, 0.25) is 0 Å². The van der Waals surface area contributed by atoms with Crippen LogP contribution in [0.3, 0.4) is 0 Å². The molecule has 2 amide bonds. The molecule has 1 rings (SSSR count). The number of hydrogen-bond donors (Lipinski definition) is 3. The number of rotatable bonds is 5. The Morgan fingerprint density at radius 1 is 1.39 bits per heavy atom. The number of hydrogen-bond acceptors (Lipinski definition) is 3. The second-order valence-electron chi connectivity index (χ2n) is 5.27. The van der Waals surface area contributed by atoms with Gasteiger partial charge in [-0.1, -0.05) is 6.42 Å². The van der Waals surface area contributed by atoms with Crippen LogP contribution in [0, 0.1) is 5.92 Å². The molecule has 1 aliphatic rings. The van der Waals surface area contributed by atoms with E-state index in [9.17, 15) is 9.59 Å². The number of carboxylic acids is 1. The Kier molecular flexibility index (Phi) is 4.95. The lowest BCUT2D eigenvalue weighted by Gasteiger charge is -2.24. The van der Waals surface area contributed by atoms with E-state index < -0.39 is 17.5 Å². The summed E-state index contributed by atoms with van der Waals surface area (Å²) in [6, 6.07) is -0.605. The minimum absolute atomic E-state index is 0.270. The fourth-order valence-corrected chi connectivity index (χ4v) is 2.01. The topological polar surface area (TPSA) is 87.7 Å². The Morgan fingerprint density at radius 3 is 2.61 bits per heavy atom. The van der Waals surface area contributed by atoms with E-state index in [1.165, 1.54) is 0 Å². The van der Waals surface area contributed by atoms with Gasteiger partial charge in [-0.3, -0.25) is 4.79 Å². The number of aliphatic carboxylic acids is 1. The average Bonchev–Trinajstić information content (AvgIpc) is 2.75. The first-order valence-corrected chi connectivity index (χ1v) is 6.18. The number of ether oxygens (including phenoxy) is 1. The summed E-state index contributed by atoms with van der Waals surface area (Å²) in [5.74, 6) is -1.30. The minimum Gasteiger partial charge on any atom is -0.481 e. The summed E-state index contributed by atoms with van der Waals surface area (Å²) in [4.78, 5) is 22.6. The highest BCUT2D eigenvalue weighted by atomic mass is 16.5. The third-order valence-corrected chi connectivity index (χ3v) is 3.38. The summed E-state index contributed by atoms with van der Waals surface area (Å²) in [7, 11) is 1.58. The molecule has 0 aromatic heterocycles. The predicted molar refractivity (Wildman–Crippen MR) is 66.4 cm³/mol. The number of carbonyl (C=O) groups is 2. The lowest BCUT2D eigenvalue weighted by molar-refractivity contribution is -0.142. The molecule has 104 valence electrons. The van der Waals surface area contributed by atoms with E-state index in [0.717, 1.165) is 12.8 Å². The van der Waals surface area contributed by atoms with Crippen molar-refractivity contribution in [3.63, 3.8) is 0 Å². The van der Waals surface area contributed by atoms with Crippen molar-refractivity contribution in [1.29, 1.82) is 0 Å². The molecule has 6 heteroatoms. The molecule has 1 fully saturated rings. The molecule has 1 aliphatic carbocycles. The van der Waals surface area contributed by atoms with Gasteiger partial charge in [0.25, 0.3) is 0 Å². The Hall–Kier alpha value is -1.30. The molecule has 0 saturated heterocycles. The van der Waals surface area contributed by atoms with Crippen LogP contribution in [0.2, 0.25) is 0 Å². The number of nitrogens with one attached hydrogen (secondary N) is 2. The minimum atomic E-state index is -0.838. The molecular formula is C12H22N2O4. The Morgan fingerprint density at radius 2 is 2.06 bits per heavy atom. The molecule has 0 heterocycles. The zero-order chi connectivity index (χ0) is 13.8. The zero-order valence-electron chi connectivity index (χ0n) is 11.2. The maximum atomic E-state index is 11.7. The quantitative estimate of drug-likeness (QED) is 0.685. The van der Waals surface area contributed by atoms with Crippen LogP contribution < -0.4 is 10.6 Å². The fourth-order valence-electron chi connectivity index (χ4n) is 2.01. The van der Waals surface area contributed by atoms with Gasteiger partial charge in [0, 0.05) is 19.7 Å². The lowest BCUT2D eigenvalue weighted by atomic mass is 10.0. The zero-order valence-corrected chi connectivity index (χ0v) is 11.2. The summed E-state index contributed by atoms with van der Waals surface area (Å²) in [6.07, 6.45) is 2.19. The Labute approximate surface area is 107 Å². The van der Waals surface area contributed by atoms with Crippen molar-refractivity contribution in [1.82, 2.24) is 10.6 Å². The predicted octanol–water partition coefficient (Wildman–Crippen LogP) is 0.964. The molecule has 2 unspecified atom stereocenters. The number of methoxy groups -OCH3 is 1. The molecule has 18 heavy (non-hydrogen) atoms. The Balaban J connectivity index is 2.38. The first kappa shape index (κ1) is 14.8. The maximum absolute atomic E-state index is 11.7. The fraction of sp³-hybridized carbons (Fsp3) is 0.833. The second kappa shape index (κ2) is 6.04. The van der Waals surface area contributed by atoms with Gasteiger partial charge in [0.05, 0.1) is 11.5 Å². The van der Waals surface area contributed by atoms with Crippen LogP contribution in [0.15, 0.2) is 0 Å². The van der Waals surface area contributed by atoms with Crippen LogP contribution in [-0.2, 0) is 9.53 Å². The van der Waals surface area contributed by atoms with E-state index in [1.807, 2.05) is 13.8 Å². The first-order chi connectivity index (χ1) is 8.35. The van der Waals surface area contributed by atoms with Crippen molar-refractivity contribution in [2.45, 2.75) is 44.8 Å². The van der Waals surface area contributed by atoms with E-state index in [1.54, 1.807) is 7.11 Å². The van der Waals surface area contributed by atoms with Gasteiger partial charge in [-0.05, 0) is 26.7 Å². The van der Waals surface area contributed by atoms with Crippen LogP contribution in [0.5, 0.6) is 0 Å². The van der Waals surface area contributed by atoms with Gasteiger partial charge in [-0.2, -0.15) is 0 Å². The molecule has 0 spiro atoms. The summed E-state index contributed by atoms with van der Waals surface area (Å²) in [5.41, 5.74) is -0.431. The van der Waals surface area contributed by atoms with Crippen molar-refractivity contribution < 1.29 is 19.4 Å². The van der Waals surface area contributed by atoms with Crippen molar-refractivity contribution >= 4 is 12.0 Å². The van der Waals surface area contributed by atoms with E-state index in [2.05, 4.69) is 10.6 Å². The van der Waals surface area contributed by atoms with Crippen molar-refractivity contribution in [3.8, 4) is 0 Å². The maximum Gasteiger partial charge on any atom is 0.315 e. The SMILES string of the molecule is COC(C)(C)CNC(=O)NC1CCCC1C(=O)O. The van der Waals surface area contributed by atoms with E-state index >= 15 is 0 Å². The molecule has 2 atom stereocenters. The third kappa shape index (κ3) is 4.18. The van der Waals surface area contributed by atoms with E-state index in [4.69, 9.17) is 9.84 Å². The average molecular weight is 258 g/mol. The molecule has 0 bridgehead atoms. The standard InChI is InChI=1S/C12H22N2O4/c1-12(2,18-3)7-13-11(17)14-9-6-4-5-8(9)10(15)16/h8-9H,4-7H2,1-3H3,(H,15,16)(H2,13,14,17). The summed E-state index contributed by atoms with van der Waals surface area (Å²) < 4.78 is 5.18. The van der Waals surface area contributed by atoms with Crippen LogP contribution in [-0.4, -0.2) is 42.4 Å². The number of urea groups is 1.